The number of carbonyl (C=O) groups is 1. The lowest BCUT2D eigenvalue weighted by atomic mass is 9.81. The first-order valence-electron chi connectivity index (χ1n) is 7.66. The second kappa shape index (κ2) is 7.49. The molecule has 4 heteroatoms. The summed E-state index contributed by atoms with van der Waals surface area (Å²) in [6.45, 7) is 5.25. The third-order valence-corrected chi connectivity index (χ3v) is 5.09. The molecule has 1 saturated heterocycles. The molecule has 19 heavy (non-hydrogen) atoms. The summed E-state index contributed by atoms with van der Waals surface area (Å²) in [5.41, 5.74) is 0.00976. The summed E-state index contributed by atoms with van der Waals surface area (Å²) in [5, 5.41) is 3.25. The van der Waals surface area contributed by atoms with Gasteiger partial charge in [0.2, 0.25) is 5.91 Å². The fraction of sp³-hybridized carbons (Fsp3) is 0.933. The fourth-order valence-electron chi connectivity index (χ4n) is 3.73. The van der Waals surface area contributed by atoms with Crippen LogP contribution in [0.4, 0.5) is 0 Å². The summed E-state index contributed by atoms with van der Waals surface area (Å²) >= 11 is 0. The van der Waals surface area contributed by atoms with E-state index < -0.39 is 0 Å². The van der Waals surface area contributed by atoms with Gasteiger partial charge in [0.25, 0.3) is 0 Å². The van der Waals surface area contributed by atoms with Gasteiger partial charge in [-0.3, -0.25) is 4.79 Å². The predicted octanol–water partition coefficient (Wildman–Crippen LogP) is 2.84. The lowest BCUT2D eigenvalue weighted by Crippen LogP contribution is -2.47. The van der Waals surface area contributed by atoms with Crippen molar-refractivity contribution in [2.45, 2.75) is 51.9 Å². The number of piperidine rings is 1. The number of hydrogen-bond acceptors (Lipinski definition) is 2. The molecular formula is C15H29ClN2O. The van der Waals surface area contributed by atoms with E-state index in [9.17, 15) is 4.79 Å². The first-order chi connectivity index (χ1) is 8.72. The molecule has 1 aliphatic heterocycles. The van der Waals surface area contributed by atoms with Crippen molar-refractivity contribution in [3.8, 4) is 0 Å². The average Bonchev–Trinajstić information content (AvgIpc) is 2.89. The molecular weight excluding hydrogens is 260 g/mol. The van der Waals surface area contributed by atoms with Crippen LogP contribution in [0.3, 0.4) is 0 Å². The number of halogens is 1. The van der Waals surface area contributed by atoms with Gasteiger partial charge in [-0.1, -0.05) is 19.8 Å². The van der Waals surface area contributed by atoms with Crippen LogP contribution in [0.5, 0.6) is 0 Å². The quantitative estimate of drug-likeness (QED) is 0.863. The maximum atomic E-state index is 12.7. The van der Waals surface area contributed by atoms with Crippen LogP contribution in [-0.2, 0) is 4.79 Å². The first-order valence-corrected chi connectivity index (χ1v) is 7.66. The number of amides is 1. The van der Waals surface area contributed by atoms with Crippen LogP contribution in [0, 0.1) is 11.3 Å². The van der Waals surface area contributed by atoms with Crippen molar-refractivity contribution >= 4 is 18.3 Å². The molecule has 1 N–H and O–H groups in total. The zero-order valence-electron chi connectivity index (χ0n) is 12.4. The lowest BCUT2D eigenvalue weighted by molar-refractivity contribution is -0.143. The van der Waals surface area contributed by atoms with E-state index in [4.69, 9.17) is 0 Å². The molecule has 1 saturated carbocycles. The van der Waals surface area contributed by atoms with Crippen molar-refractivity contribution in [1.29, 1.82) is 0 Å². The Morgan fingerprint density at radius 2 is 1.84 bits per heavy atom. The molecule has 0 spiro atoms. The Labute approximate surface area is 123 Å². The highest BCUT2D eigenvalue weighted by atomic mass is 35.5. The van der Waals surface area contributed by atoms with Crippen molar-refractivity contribution < 1.29 is 4.79 Å². The Hall–Kier alpha value is -0.280. The molecule has 2 rings (SSSR count). The minimum Gasteiger partial charge on any atom is -0.342 e. The molecule has 1 aliphatic carbocycles. The molecule has 3 nitrogen and oxygen atoms in total. The van der Waals surface area contributed by atoms with Crippen molar-refractivity contribution in [2.75, 3.05) is 26.7 Å². The van der Waals surface area contributed by atoms with E-state index in [1.165, 1.54) is 25.7 Å². The molecule has 2 fully saturated rings. The van der Waals surface area contributed by atoms with Gasteiger partial charge in [-0.05, 0) is 51.6 Å². The highest BCUT2D eigenvalue weighted by Crippen LogP contribution is 2.43. The number of nitrogens with one attached hydrogen (secondary N) is 1. The van der Waals surface area contributed by atoms with E-state index in [-0.39, 0.29) is 17.8 Å². The van der Waals surface area contributed by atoms with Crippen LogP contribution in [0.15, 0.2) is 0 Å². The summed E-state index contributed by atoms with van der Waals surface area (Å²) in [7, 11) is 2.02. The summed E-state index contributed by atoms with van der Waals surface area (Å²) in [4.78, 5) is 14.9. The van der Waals surface area contributed by atoms with Gasteiger partial charge in [0.05, 0.1) is 0 Å². The minimum atomic E-state index is 0. The second-order valence-corrected chi connectivity index (χ2v) is 6.13. The Morgan fingerprint density at radius 1 is 1.26 bits per heavy atom. The Kier molecular flexibility index (Phi) is 6.61. The Balaban J connectivity index is 0.00000180. The van der Waals surface area contributed by atoms with Gasteiger partial charge in [-0.15, -0.1) is 12.4 Å². The molecule has 0 radical (unpaired) electrons. The maximum Gasteiger partial charge on any atom is 0.228 e. The summed E-state index contributed by atoms with van der Waals surface area (Å²) < 4.78 is 0. The van der Waals surface area contributed by atoms with Crippen LogP contribution >= 0.6 is 12.4 Å². The van der Waals surface area contributed by atoms with E-state index in [0.29, 0.717) is 5.91 Å². The normalized spacial score (nSPS) is 23.2. The molecule has 112 valence electrons. The van der Waals surface area contributed by atoms with Crippen molar-refractivity contribution in [1.82, 2.24) is 10.2 Å². The molecule has 0 aromatic carbocycles. The number of rotatable bonds is 4. The standard InChI is InChI=1S/C15H28N2O.ClH/c1-3-15(8-4-5-9-15)14(18)17-10-6-13(7-11-17)12-16-2;/h13,16H,3-12H2,1-2H3;1H. The number of carbonyl (C=O) groups excluding carboxylic acids is 1. The van der Waals surface area contributed by atoms with E-state index in [2.05, 4.69) is 17.1 Å². The van der Waals surface area contributed by atoms with Gasteiger partial charge in [0, 0.05) is 18.5 Å². The van der Waals surface area contributed by atoms with Crippen molar-refractivity contribution in [3.63, 3.8) is 0 Å². The Morgan fingerprint density at radius 3 is 2.32 bits per heavy atom. The molecule has 0 bridgehead atoms. The van der Waals surface area contributed by atoms with Crippen LogP contribution in [0.2, 0.25) is 0 Å². The summed E-state index contributed by atoms with van der Waals surface area (Å²) in [5.74, 6) is 1.23. The SMILES string of the molecule is CCC1(C(=O)N2CCC(CNC)CC2)CCCC1.Cl. The number of likely N-dealkylation sites (tertiary alicyclic amines) is 1. The predicted molar refractivity (Wildman–Crippen MR) is 81.7 cm³/mol. The maximum absolute atomic E-state index is 12.7. The second-order valence-electron chi connectivity index (χ2n) is 6.13. The minimum absolute atomic E-state index is 0. The lowest BCUT2D eigenvalue weighted by Gasteiger charge is -2.38. The van der Waals surface area contributed by atoms with Gasteiger partial charge >= 0.3 is 0 Å². The summed E-state index contributed by atoms with van der Waals surface area (Å²) in [6, 6.07) is 0. The topological polar surface area (TPSA) is 32.3 Å². The van der Waals surface area contributed by atoms with Gasteiger partial charge in [-0.2, -0.15) is 0 Å². The highest BCUT2D eigenvalue weighted by Gasteiger charge is 2.42. The molecule has 0 aromatic heterocycles. The van der Waals surface area contributed by atoms with Crippen LogP contribution < -0.4 is 5.32 Å². The number of hydrogen-bond donors (Lipinski definition) is 1. The van der Waals surface area contributed by atoms with E-state index in [0.717, 1.165) is 44.8 Å². The molecule has 1 amide bonds. The molecule has 2 aliphatic rings. The van der Waals surface area contributed by atoms with E-state index >= 15 is 0 Å². The highest BCUT2D eigenvalue weighted by molar-refractivity contribution is 5.85. The van der Waals surface area contributed by atoms with Gasteiger partial charge < -0.3 is 10.2 Å². The van der Waals surface area contributed by atoms with E-state index in [1.807, 2.05) is 7.05 Å². The third kappa shape index (κ3) is 3.63. The van der Waals surface area contributed by atoms with Crippen molar-refractivity contribution in [3.05, 3.63) is 0 Å². The Bertz CT molecular complexity index is 282. The number of nitrogens with zero attached hydrogens (tertiary/aromatic N) is 1. The fourth-order valence-corrected chi connectivity index (χ4v) is 3.73. The first kappa shape index (κ1) is 16.8. The van der Waals surface area contributed by atoms with Crippen molar-refractivity contribution in [2.24, 2.45) is 11.3 Å². The largest absolute Gasteiger partial charge is 0.342 e. The average molecular weight is 289 g/mol. The monoisotopic (exact) mass is 288 g/mol. The zero-order chi connectivity index (χ0) is 13.0. The molecule has 0 unspecified atom stereocenters. The van der Waals surface area contributed by atoms with Crippen LogP contribution in [-0.4, -0.2) is 37.5 Å². The zero-order valence-corrected chi connectivity index (χ0v) is 13.2. The molecule has 1 heterocycles. The smallest absolute Gasteiger partial charge is 0.228 e. The van der Waals surface area contributed by atoms with Gasteiger partial charge in [0.15, 0.2) is 0 Å². The van der Waals surface area contributed by atoms with E-state index in [1.54, 1.807) is 0 Å². The molecule has 0 atom stereocenters. The van der Waals surface area contributed by atoms with Crippen LogP contribution in [0.1, 0.15) is 51.9 Å². The third-order valence-electron chi connectivity index (χ3n) is 5.09. The van der Waals surface area contributed by atoms with Gasteiger partial charge in [-0.25, -0.2) is 0 Å². The van der Waals surface area contributed by atoms with Crippen LogP contribution in [0.25, 0.3) is 0 Å². The van der Waals surface area contributed by atoms with Gasteiger partial charge in [0.1, 0.15) is 0 Å². The molecule has 0 aromatic rings. The summed E-state index contributed by atoms with van der Waals surface area (Å²) in [6.07, 6.45) is 8.12.